The van der Waals surface area contributed by atoms with Crippen LogP contribution in [0.2, 0.25) is 0 Å². The highest BCUT2D eigenvalue weighted by atomic mass is 32.1. The molecule has 0 saturated heterocycles. The lowest BCUT2D eigenvalue weighted by Crippen LogP contribution is -2.22. The van der Waals surface area contributed by atoms with E-state index in [9.17, 15) is 9.90 Å². The number of rotatable bonds is 4. The zero-order valence-corrected chi connectivity index (χ0v) is 16.5. The van der Waals surface area contributed by atoms with E-state index in [1.165, 1.54) is 4.88 Å². The van der Waals surface area contributed by atoms with E-state index in [2.05, 4.69) is 31.4 Å². The number of aromatic carboxylic acids is 1. The first-order valence-electron chi connectivity index (χ1n) is 9.23. The summed E-state index contributed by atoms with van der Waals surface area (Å²) in [5, 5.41) is 12.2. The van der Waals surface area contributed by atoms with E-state index in [1.807, 2.05) is 24.3 Å². The van der Waals surface area contributed by atoms with Crippen molar-refractivity contribution in [3.05, 3.63) is 58.0 Å². The highest BCUT2D eigenvalue weighted by Crippen LogP contribution is 2.46. The van der Waals surface area contributed by atoms with Gasteiger partial charge in [0, 0.05) is 21.9 Å². The molecule has 0 aliphatic heterocycles. The van der Waals surface area contributed by atoms with Crippen LogP contribution in [-0.2, 0) is 19.4 Å². The van der Waals surface area contributed by atoms with Crippen LogP contribution in [-0.4, -0.2) is 11.1 Å². The van der Waals surface area contributed by atoms with Crippen LogP contribution in [0.5, 0.6) is 0 Å². The Labute approximate surface area is 163 Å². The average Bonchev–Trinajstić information content (AvgIpc) is 2.99. The van der Waals surface area contributed by atoms with Gasteiger partial charge in [0.25, 0.3) is 0 Å². The molecule has 4 nitrogen and oxygen atoms in total. The standard InChI is InChI=1S/C22H24N2O2S/c1-22(2)10-9-18-17(11-22)19(21(25)26)20(27-18)16-8-4-6-14-13(12-24-23)5-3-7-15(14)16/h3-8,24H,9-12,23H2,1-2H3,(H,25,26). The minimum Gasteiger partial charge on any atom is -0.478 e. The molecule has 0 atom stereocenters. The number of hydrogen-bond acceptors (Lipinski definition) is 4. The number of carboxylic acid groups (broad SMARTS) is 1. The maximum Gasteiger partial charge on any atom is 0.337 e. The number of carbonyl (C=O) groups is 1. The van der Waals surface area contributed by atoms with Gasteiger partial charge in [0.2, 0.25) is 0 Å². The van der Waals surface area contributed by atoms with Gasteiger partial charge in [-0.15, -0.1) is 11.3 Å². The summed E-state index contributed by atoms with van der Waals surface area (Å²) in [7, 11) is 0. The van der Waals surface area contributed by atoms with Crippen LogP contribution in [0.1, 0.15) is 46.6 Å². The minimum atomic E-state index is -0.822. The molecule has 5 heteroatoms. The molecular weight excluding hydrogens is 356 g/mol. The van der Waals surface area contributed by atoms with E-state index >= 15 is 0 Å². The second-order valence-electron chi connectivity index (χ2n) is 8.05. The number of carboxylic acids is 1. The van der Waals surface area contributed by atoms with Gasteiger partial charge in [-0.2, -0.15) is 0 Å². The number of nitrogens with one attached hydrogen (secondary N) is 1. The van der Waals surface area contributed by atoms with Crippen LogP contribution < -0.4 is 11.3 Å². The Hall–Kier alpha value is -2.21. The van der Waals surface area contributed by atoms with Crippen molar-refractivity contribution in [3.8, 4) is 10.4 Å². The van der Waals surface area contributed by atoms with Crippen molar-refractivity contribution in [3.63, 3.8) is 0 Å². The molecule has 4 N–H and O–H groups in total. The van der Waals surface area contributed by atoms with E-state index < -0.39 is 5.97 Å². The van der Waals surface area contributed by atoms with Gasteiger partial charge in [0.1, 0.15) is 0 Å². The van der Waals surface area contributed by atoms with Crippen LogP contribution in [0.3, 0.4) is 0 Å². The number of benzene rings is 2. The van der Waals surface area contributed by atoms with Crippen LogP contribution in [0.25, 0.3) is 21.2 Å². The van der Waals surface area contributed by atoms with Crippen LogP contribution in [0, 0.1) is 5.41 Å². The van der Waals surface area contributed by atoms with Crippen LogP contribution in [0.4, 0.5) is 0 Å². The maximum absolute atomic E-state index is 12.2. The SMILES string of the molecule is CC1(C)CCc2sc(-c3cccc4c(CNN)cccc34)c(C(=O)O)c2C1. The summed E-state index contributed by atoms with van der Waals surface area (Å²) in [5.41, 5.74) is 6.51. The topological polar surface area (TPSA) is 75.3 Å². The zero-order chi connectivity index (χ0) is 19.2. The minimum absolute atomic E-state index is 0.147. The summed E-state index contributed by atoms with van der Waals surface area (Å²) in [6.07, 6.45) is 2.88. The summed E-state index contributed by atoms with van der Waals surface area (Å²) in [6, 6.07) is 12.2. The zero-order valence-electron chi connectivity index (χ0n) is 15.6. The molecule has 0 bridgehead atoms. The Bertz CT molecular complexity index is 1040. The molecule has 1 aromatic heterocycles. The number of thiophene rings is 1. The number of hydrogen-bond donors (Lipinski definition) is 3. The van der Waals surface area contributed by atoms with Crippen molar-refractivity contribution in [1.82, 2.24) is 5.43 Å². The van der Waals surface area contributed by atoms with E-state index in [4.69, 9.17) is 5.84 Å². The largest absolute Gasteiger partial charge is 0.478 e. The maximum atomic E-state index is 12.2. The number of fused-ring (bicyclic) bond motifs is 2. The first kappa shape index (κ1) is 18.2. The molecule has 4 rings (SSSR count). The number of hydrazine groups is 1. The summed E-state index contributed by atoms with van der Waals surface area (Å²) in [4.78, 5) is 14.3. The first-order valence-corrected chi connectivity index (χ1v) is 10.1. The Kier molecular flexibility index (Phi) is 4.54. The molecule has 0 amide bonds. The Morgan fingerprint density at radius 3 is 2.70 bits per heavy atom. The van der Waals surface area contributed by atoms with E-state index in [1.54, 1.807) is 11.3 Å². The van der Waals surface area contributed by atoms with Crippen molar-refractivity contribution >= 4 is 28.1 Å². The monoisotopic (exact) mass is 380 g/mol. The Balaban J connectivity index is 1.96. The van der Waals surface area contributed by atoms with E-state index in [0.717, 1.165) is 51.6 Å². The molecule has 27 heavy (non-hydrogen) atoms. The molecule has 1 aliphatic carbocycles. The third kappa shape index (κ3) is 3.16. The van der Waals surface area contributed by atoms with Crippen molar-refractivity contribution in [2.24, 2.45) is 11.3 Å². The second-order valence-corrected chi connectivity index (χ2v) is 9.16. The smallest absolute Gasteiger partial charge is 0.337 e. The van der Waals surface area contributed by atoms with Gasteiger partial charge in [0.15, 0.2) is 0 Å². The van der Waals surface area contributed by atoms with Gasteiger partial charge in [-0.25, -0.2) is 4.79 Å². The normalized spacial score (nSPS) is 15.7. The Morgan fingerprint density at radius 2 is 1.96 bits per heavy atom. The fraction of sp³-hybridized carbons (Fsp3) is 0.318. The summed E-state index contributed by atoms with van der Waals surface area (Å²) in [6.45, 7) is 5.02. The highest BCUT2D eigenvalue weighted by molar-refractivity contribution is 7.16. The lowest BCUT2D eigenvalue weighted by molar-refractivity contribution is 0.0696. The third-order valence-electron chi connectivity index (χ3n) is 5.54. The molecule has 0 fully saturated rings. The second kappa shape index (κ2) is 6.75. The van der Waals surface area contributed by atoms with Gasteiger partial charge in [0.05, 0.1) is 5.56 Å². The number of aryl methyl sites for hydroxylation is 1. The van der Waals surface area contributed by atoms with Crippen LogP contribution >= 0.6 is 11.3 Å². The highest BCUT2D eigenvalue weighted by Gasteiger charge is 2.33. The molecule has 0 spiro atoms. The molecule has 1 aliphatic rings. The average molecular weight is 381 g/mol. The third-order valence-corrected chi connectivity index (χ3v) is 6.86. The predicted molar refractivity (Wildman–Crippen MR) is 111 cm³/mol. The molecular formula is C22H24N2O2S. The Morgan fingerprint density at radius 1 is 1.22 bits per heavy atom. The van der Waals surface area contributed by atoms with E-state index in [0.29, 0.717) is 12.1 Å². The fourth-order valence-electron chi connectivity index (χ4n) is 4.17. The van der Waals surface area contributed by atoms with Gasteiger partial charge < -0.3 is 5.11 Å². The molecule has 1 heterocycles. The summed E-state index contributed by atoms with van der Waals surface area (Å²) < 4.78 is 0. The molecule has 3 aromatic rings. The van der Waals surface area contributed by atoms with Crippen LogP contribution in [0.15, 0.2) is 36.4 Å². The van der Waals surface area contributed by atoms with Crippen molar-refractivity contribution in [2.75, 3.05) is 0 Å². The molecule has 0 radical (unpaired) electrons. The van der Waals surface area contributed by atoms with Crippen molar-refractivity contribution < 1.29 is 9.90 Å². The van der Waals surface area contributed by atoms with Gasteiger partial charge in [-0.3, -0.25) is 11.3 Å². The van der Waals surface area contributed by atoms with Gasteiger partial charge in [-0.1, -0.05) is 50.2 Å². The van der Waals surface area contributed by atoms with Gasteiger partial charge in [-0.05, 0) is 46.6 Å². The van der Waals surface area contributed by atoms with Gasteiger partial charge >= 0.3 is 5.97 Å². The molecule has 0 unspecified atom stereocenters. The quantitative estimate of drug-likeness (QED) is 0.451. The number of nitrogens with two attached hydrogens (primary N) is 1. The first-order chi connectivity index (χ1) is 12.9. The molecule has 2 aromatic carbocycles. The van der Waals surface area contributed by atoms with Crippen molar-refractivity contribution in [1.29, 1.82) is 0 Å². The lowest BCUT2D eigenvalue weighted by Gasteiger charge is -2.29. The van der Waals surface area contributed by atoms with E-state index in [-0.39, 0.29) is 5.41 Å². The van der Waals surface area contributed by atoms with Crippen molar-refractivity contribution in [2.45, 2.75) is 39.7 Å². The fourth-order valence-corrected chi connectivity index (χ4v) is 5.52. The predicted octanol–water partition coefficient (Wildman–Crippen LogP) is 4.74. The molecule has 140 valence electrons. The molecule has 0 saturated carbocycles. The lowest BCUT2D eigenvalue weighted by atomic mass is 9.76. The summed E-state index contributed by atoms with van der Waals surface area (Å²) in [5.74, 6) is 4.71. The summed E-state index contributed by atoms with van der Waals surface area (Å²) >= 11 is 1.66.